The van der Waals surface area contributed by atoms with Crippen LogP contribution in [0.1, 0.15) is 148 Å². The second kappa shape index (κ2) is 50.3. The summed E-state index contributed by atoms with van der Waals surface area (Å²) in [5.41, 5.74) is 15.5. The number of nitrogens with two attached hydrogens (primary N) is 1. The predicted octanol–water partition coefficient (Wildman–Crippen LogP) is 11.0. The number of carbonyl (C=O) groups is 8. The van der Waals surface area contributed by atoms with Gasteiger partial charge in [0.2, 0.25) is 11.8 Å². The molecule has 6 N–H and O–H groups in total. The van der Waals surface area contributed by atoms with Crippen LogP contribution in [0.3, 0.4) is 0 Å². The van der Waals surface area contributed by atoms with Crippen molar-refractivity contribution in [2.45, 2.75) is 163 Å². The number of carbonyl (C=O) groups excluding carboxylic acids is 8. The van der Waals surface area contributed by atoms with Gasteiger partial charge in [0.25, 0.3) is 22.9 Å². The number of ether oxygens (including phenoxy) is 10. The number of rotatable bonds is 44. The van der Waals surface area contributed by atoms with Crippen LogP contribution in [0, 0.1) is 11.8 Å². The number of aryl methyl sites for hydroxylation is 4. The quantitative estimate of drug-likeness (QED) is 0.00778. The normalized spacial score (nSPS) is 17.7. The Labute approximate surface area is 802 Å². The van der Waals surface area contributed by atoms with Crippen molar-refractivity contribution in [3.8, 4) is 22.8 Å². The molecule has 686 valence electrons. The van der Waals surface area contributed by atoms with Crippen LogP contribution in [0.4, 0.5) is 5.69 Å². The summed E-state index contributed by atoms with van der Waals surface area (Å²) in [6.45, 7) is 15.5. The molecule has 0 unspecified atom stereocenters. The molecule has 4 aromatic heterocycles. The van der Waals surface area contributed by atoms with E-state index < -0.39 is 46.9 Å². The van der Waals surface area contributed by atoms with E-state index in [1.165, 1.54) is 17.7 Å². The van der Waals surface area contributed by atoms with E-state index in [4.69, 9.17) is 63.1 Å². The number of anilines is 1. The van der Waals surface area contributed by atoms with Gasteiger partial charge in [-0.25, -0.2) is 19.6 Å². The first kappa shape index (κ1) is 105. The molecule has 2 aromatic carbocycles. The molecule has 6 aromatic rings. The van der Waals surface area contributed by atoms with Crippen LogP contribution in [0.25, 0.3) is 44.6 Å². The average Bonchev–Trinajstić information content (AvgIpc) is 1.54. The number of fused-ring (bicyclic) bond motifs is 10. The number of benzene rings is 2. The van der Waals surface area contributed by atoms with Crippen LogP contribution in [0.5, 0.6) is 0 Å². The Morgan fingerprint density at radius 1 is 0.581 bits per heavy atom. The van der Waals surface area contributed by atoms with Crippen molar-refractivity contribution in [3.05, 3.63) is 130 Å². The van der Waals surface area contributed by atoms with E-state index >= 15 is 0 Å². The minimum absolute atomic E-state index is 0. The average molecular weight is 2960 g/mol. The van der Waals surface area contributed by atoms with Gasteiger partial charge in [0.05, 0.1) is 170 Å². The Hall–Kier alpha value is -1.31. The van der Waals surface area contributed by atoms with E-state index in [1.54, 1.807) is 42.0 Å². The molecule has 0 saturated carbocycles. The van der Waals surface area contributed by atoms with Gasteiger partial charge in [-0.05, 0) is 122 Å². The number of nitrogen functional groups attached to an aromatic ring is 1. The van der Waals surface area contributed by atoms with Gasteiger partial charge >= 0.3 is 168 Å². The number of ketones is 2. The number of imide groups is 1. The second-order valence-corrected chi connectivity index (χ2v) is 241. The Bertz CT molecular complexity index is 5050. The number of hydrogen-bond donors (Lipinski definition) is 5. The number of halogens is 11. The summed E-state index contributed by atoms with van der Waals surface area (Å²) in [6.07, 6.45) is 8.04. The predicted molar refractivity (Wildman–Crippen MR) is 553 cm³/mol. The third-order valence-corrected chi connectivity index (χ3v) is 601. The molecule has 9 heterocycles. The summed E-state index contributed by atoms with van der Waals surface area (Å²) in [4.78, 5) is 138. The van der Waals surface area contributed by atoms with Gasteiger partial charge < -0.3 is 83.1 Å². The molecule has 7 aliphatic rings. The number of Topliss-reactive ketones (excluding diaryl/α,β-unsaturated/α-hetero) is 2. The van der Waals surface area contributed by atoms with Gasteiger partial charge in [-0.1, -0.05) is 41.2 Å². The van der Waals surface area contributed by atoms with Crippen LogP contribution in [-0.4, -0.2) is 206 Å². The zero-order chi connectivity index (χ0) is 88.4. The molecule has 30 nitrogen and oxygen atoms in total. The topological polar surface area (TPSA) is 392 Å². The Balaban J connectivity index is 0.000000309. The van der Waals surface area contributed by atoms with Crippen LogP contribution < -0.4 is 40.7 Å². The molecule has 0 fully saturated rings. The van der Waals surface area contributed by atoms with Crippen LogP contribution >= 0.6 is 143 Å². The van der Waals surface area contributed by atoms with Gasteiger partial charge in [-0.15, -0.1) is 0 Å². The molecule has 5 aliphatic heterocycles. The van der Waals surface area contributed by atoms with E-state index in [0.717, 1.165) is 110 Å². The van der Waals surface area contributed by atoms with Gasteiger partial charge in [-0.3, -0.25) is 43.3 Å². The number of esters is 2. The molecular weight excluding hydrogens is 2860 g/mol. The first-order chi connectivity index (χ1) is 59.1. The molecular formula is C83H104I11N8O22-. The van der Waals surface area contributed by atoms with Crippen molar-refractivity contribution >= 4 is 218 Å². The fourth-order valence-electron chi connectivity index (χ4n) is 15.7. The Morgan fingerprint density at radius 2 is 1.02 bits per heavy atom. The fourth-order valence-corrected chi connectivity index (χ4v) is 1060. The maximum absolute atomic E-state index is 13.8. The molecule has 0 saturated heterocycles. The van der Waals surface area contributed by atoms with E-state index in [1.807, 2.05) is 38.1 Å². The van der Waals surface area contributed by atoms with Crippen LogP contribution in [0.15, 0.2) is 58.1 Å². The van der Waals surface area contributed by atoms with Gasteiger partial charge in [0.1, 0.15) is 19.0 Å². The standard InChI is InChI=1S/C59H79N5O18.C23H21N3O4.CH4.I11/c1-5-59(73)47-35-49-55-45(36-64(49)57(71)46(47)37-82-58(59)72)43-8-6-7-42-40(9-10-48(62-55)54(42)43)33-50(66)39(4)61-56(70)44(38(2)3)34-41(65)14-17-74-19-21-76-23-25-78-27-29-80-31-32-81-30-28-79-26-24-77-22-20-75-18-15-60-51(67)13-16-63-52(68)11-12-53(63)69;1-2-23(29)15-8-18-20-13(9-26(18)21(27)14(15)10-30-22(23)28)11-4-3-5-12-16(24)6-7-17(25-20)19(11)12;;1-7-9(4)11(6)10(5)8(2)3/h9-12,35,38-39,44,73H,5-8,13-34,36-37H2,1-4H3,(H,60,67)(H,61,70);6-8,29H,2-5,9-10,24H2,1H3;1H4;/q;;;-1/t39-,44-,59-;23-;;/m00../s1. The van der Waals surface area contributed by atoms with Crippen molar-refractivity contribution in [1.82, 2.24) is 34.6 Å². The zero-order valence-electron chi connectivity index (χ0n) is 68.4. The van der Waals surface area contributed by atoms with Crippen LogP contribution in [-0.2, 0) is 155 Å². The summed E-state index contributed by atoms with van der Waals surface area (Å²) >= 11 is 17.8. The van der Waals surface area contributed by atoms with Crippen molar-refractivity contribution in [2.24, 2.45) is 11.8 Å². The zero-order valence-corrected chi connectivity index (χ0v) is 92.2. The summed E-state index contributed by atoms with van der Waals surface area (Å²) in [5, 5.41) is 30.0. The molecule has 2 aliphatic carbocycles. The number of amides is 4. The van der Waals surface area contributed by atoms with E-state index in [0.29, 0.717) is 160 Å². The van der Waals surface area contributed by atoms with Gasteiger partial charge in [0.15, 0.2) is 17.0 Å². The molecule has 0 spiro atoms. The monoisotopic (exact) mass is 2960 g/mol. The van der Waals surface area contributed by atoms with E-state index in [2.05, 4.69) is 122 Å². The number of nitrogens with zero attached hydrogens (tertiary/aromatic N) is 5. The van der Waals surface area contributed by atoms with Crippen molar-refractivity contribution in [1.29, 1.82) is 0 Å². The third-order valence-electron chi connectivity index (χ3n) is 22.2. The van der Waals surface area contributed by atoms with Crippen molar-refractivity contribution in [3.63, 3.8) is 0 Å². The molecule has 0 bridgehead atoms. The van der Waals surface area contributed by atoms with E-state index in [9.17, 15) is 58.2 Å². The SMILES string of the molecule is C.CC[C@@]1(O)C(=O)OCc2c1cc1n(c2=O)Cc2c-1nc1ccc(CC(=O)[C@H](C)NC(=O)[C@@H](CC(=O)CCOCCOCCOCCOCCOCCOCCOCCOCCNC(=O)CCN3C(=O)C=CC3=O)C(C)C)c3c1c2CCC3.CC[C@@]1(O)C(=O)OCc2c1cc1n(c2=O)Cc2c-1nc1ccc(N)c3c1c2CCC3.I[I-]I(I)I(I)I(I)I(I)I. The summed E-state index contributed by atoms with van der Waals surface area (Å²) < 4.78 is 57.8. The van der Waals surface area contributed by atoms with Gasteiger partial charge in [0, 0.05) is 95.6 Å². The summed E-state index contributed by atoms with van der Waals surface area (Å²) in [5.74, 6) is -3.97. The number of hydrogen-bond acceptors (Lipinski definition) is 25. The first-order valence-electron chi connectivity index (χ1n) is 40.3. The number of aromatic nitrogens is 4. The van der Waals surface area contributed by atoms with Crippen LogP contribution in [0.2, 0.25) is 0 Å². The first-order valence-corrected chi connectivity index (χ1v) is 103. The second-order valence-electron chi connectivity index (χ2n) is 30.0. The molecule has 124 heavy (non-hydrogen) atoms. The number of cyclic esters (lactones) is 2. The maximum atomic E-state index is 13.8. The van der Waals surface area contributed by atoms with Crippen molar-refractivity contribution < 1.29 is 109 Å². The number of aliphatic hydroxyl groups is 2. The summed E-state index contributed by atoms with van der Waals surface area (Å²) in [7, 11) is -1.16. The Morgan fingerprint density at radius 3 is 1.47 bits per heavy atom. The molecule has 13 rings (SSSR count). The molecule has 4 atom stereocenters. The molecule has 4 amide bonds. The summed E-state index contributed by atoms with van der Waals surface area (Å²) in [6, 6.07) is 10.3. The number of nitrogens with one attached hydrogen (secondary N) is 2. The number of pyridine rings is 4. The van der Waals surface area contributed by atoms with Gasteiger partial charge in [-0.2, -0.15) is 0 Å². The fraction of sp³-hybridized carbons (Fsp3) is 0.542. The van der Waals surface area contributed by atoms with E-state index in [-0.39, 0.29) is 155 Å². The molecule has 0 radical (unpaired) electrons. The molecule has 41 heteroatoms. The van der Waals surface area contributed by atoms with Crippen molar-refractivity contribution in [2.75, 3.05) is 125 Å². The third kappa shape index (κ3) is 25.8. The Kier molecular flexibility index (Phi) is 42.5. The minimum atomic E-state index is -1.92.